The first-order valence-corrected chi connectivity index (χ1v) is 8.81. The monoisotopic (exact) mass is 380 g/mol. The van der Waals surface area contributed by atoms with Crippen molar-refractivity contribution >= 4 is 11.9 Å². The van der Waals surface area contributed by atoms with Crippen molar-refractivity contribution in [2.45, 2.75) is 25.4 Å². The van der Waals surface area contributed by atoms with Gasteiger partial charge in [-0.3, -0.25) is 9.69 Å². The van der Waals surface area contributed by atoms with Gasteiger partial charge in [0.2, 0.25) is 11.8 Å². The number of carbonyl (C=O) groups is 2. The van der Waals surface area contributed by atoms with Crippen LogP contribution in [0.25, 0.3) is 11.5 Å². The van der Waals surface area contributed by atoms with Gasteiger partial charge in [-0.05, 0) is 36.2 Å². The van der Waals surface area contributed by atoms with Crippen molar-refractivity contribution in [3.05, 3.63) is 71.9 Å². The van der Waals surface area contributed by atoms with Crippen LogP contribution in [0.1, 0.15) is 24.8 Å². The van der Waals surface area contributed by atoms with Crippen LogP contribution in [0.3, 0.4) is 0 Å². The molecule has 142 valence electrons. The normalized spacial score (nSPS) is 19.1. The second kappa shape index (κ2) is 6.88. The fourth-order valence-corrected chi connectivity index (χ4v) is 3.29. The van der Waals surface area contributed by atoms with Crippen LogP contribution in [0.2, 0.25) is 0 Å². The molecule has 1 aromatic heterocycles. The Bertz CT molecular complexity index is 1020. The Morgan fingerprint density at radius 2 is 1.79 bits per heavy atom. The van der Waals surface area contributed by atoms with E-state index in [0.29, 0.717) is 12.0 Å². The first kappa shape index (κ1) is 17.8. The van der Waals surface area contributed by atoms with E-state index in [-0.39, 0.29) is 30.1 Å². The Labute approximate surface area is 160 Å². The molecule has 1 aliphatic heterocycles. The second-order valence-electron chi connectivity index (χ2n) is 6.45. The van der Waals surface area contributed by atoms with E-state index in [1.54, 1.807) is 0 Å². The molecule has 1 fully saturated rings. The molecule has 28 heavy (non-hydrogen) atoms. The summed E-state index contributed by atoms with van der Waals surface area (Å²) in [4.78, 5) is 26.7. The molecule has 0 radical (unpaired) electrons. The van der Waals surface area contributed by atoms with Crippen molar-refractivity contribution in [3.8, 4) is 11.5 Å². The highest BCUT2D eigenvalue weighted by Crippen LogP contribution is 2.33. The number of rotatable bonds is 5. The zero-order valence-electron chi connectivity index (χ0n) is 15.1. The van der Waals surface area contributed by atoms with Crippen LogP contribution in [0.5, 0.6) is 0 Å². The molecule has 0 spiro atoms. The maximum atomic E-state index is 13.1. The summed E-state index contributed by atoms with van der Waals surface area (Å²) in [6.07, 6.45) is 0.406. The molecule has 1 saturated heterocycles. The number of amides is 3. The molecule has 1 aliphatic rings. The first-order chi connectivity index (χ1) is 13.5. The van der Waals surface area contributed by atoms with Gasteiger partial charge in [0.25, 0.3) is 5.91 Å². The van der Waals surface area contributed by atoms with Gasteiger partial charge in [0.05, 0.1) is 0 Å². The van der Waals surface area contributed by atoms with Gasteiger partial charge in [-0.25, -0.2) is 9.18 Å². The summed E-state index contributed by atoms with van der Waals surface area (Å²) in [5, 5.41) is 10.6. The summed E-state index contributed by atoms with van der Waals surface area (Å²) in [7, 11) is 0. The maximum Gasteiger partial charge on any atom is 0.325 e. The third-order valence-electron chi connectivity index (χ3n) is 4.82. The van der Waals surface area contributed by atoms with Crippen molar-refractivity contribution in [2.24, 2.45) is 0 Å². The summed E-state index contributed by atoms with van der Waals surface area (Å²) < 4.78 is 18.6. The predicted molar refractivity (Wildman–Crippen MR) is 97.2 cm³/mol. The third kappa shape index (κ3) is 2.92. The van der Waals surface area contributed by atoms with E-state index in [0.717, 1.165) is 10.5 Å². The lowest BCUT2D eigenvalue weighted by Crippen LogP contribution is -2.43. The first-order valence-electron chi connectivity index (χ1n) is 8.81. The smallest absolute Gasteiger partial charge is 0.325 e. The van der Waals surface area contributed by atoms with Gasteiger partial charge in [0, 0.05) is 5.56 Å². The molecule has 1 N–H and O–H groups in total. The number of halogens is 1. The molecule has 0 saturated carbocycles. The number of aromatic nitrogens is 2. The zero-order valence-corrected chi connectivity index (χ0v) is 15.1. The molecule has 1 atom stereocenters. The van der Waals surface area contributed by atoms with E-state index in [9.17, 15) is 14.0 Å². The highest BCUT2D eigenvalue weighted by Gasteiger charge is 2.51. The SMILES string of the molecule is CC[C@@]1(c2ccccc2)NC(=O)N(Cc2nnc(-c3ccc(F)cc3)o2)C1=O. The average Bonchev–Trinajstić information content (AvgIpc) is 3.28. The minimum absolute atomic E-state index is 0.114. The topological polar surface area (TPSA) is 88.3 Å². The van der Waals surface area contributed by atoms with Gasteiger partial charge >= 0.3 is 6.03 Å². The largest absolute Gasteiger partial charge is 0.419 e. The van der Waals surface area contributed by atoms with Gasteiger partial charge < -0.3 is 9.73 Å². The molecular formula is C20H17FN4O3. The van der Waals surface area contributed by atoms with Crippen LogP contribution in [-0.4, -0.2) is 27.0 Å². The number of nitrogens with zero attached hydrogens (tertiary/aromatic N) is 3. The minimum Gasteiger partial charge on any atom is -0.419 e. The van der Waals surface area contributed by atoms with Crippen molar-refractivity contribution in [3.63, 3.8) is 0 Å². The Morgan fingerprint density at radius 1 is 1.07 bits per heavy atom. The molecule has 3 aromatic rings. The number of imide groups is 1. The molecule has 8 heteroatoms. The van der Waals surface area contributed by atoms with Gasteiger partial charge in [-0.15, -0.1) is 10.2 Å². The lowest BCUT2D eigenvalue weighted by atomic mass is 9.87. The second-order valence-corrected chi connectivity index (χ2v) is 6.45. The lowest BCUT2D eigenvalue weighted by molar-refractivity contribution is -0.132. The Kier molecular flexibility index (Phi) is 4.38. The van der Waals surface area contributed by atoms with Crippen LogP contribution in [-0.2, 0) is 16.9 Å². The summed E-state index contributed by atoms with van der Waals surface area (Å²) in [5.41, 5.74) is 0.151. The molecule has 2 heterocycles. The summed E-state index contributed by atoms with van der Waals surface area (Å²) in [6.45, 7) is 1.70. The average molecular weight is 380 g/mol. The molecule has 0 bridgehead atoms. The summed E-state index contributed by atoms with van der Waals surface area (Å²) in [6, 6.07) is 14.2. The molecular weight excluding hydrogens is 363 g/mol. The van der Waals surface area contributed by atoms with E-state index >= 15 is 0 Å². The Morgan fingerprint density at radius 3 is 2.46 bits per heavy atom. The third-order valence-corrected chi connectivity index (χ3v) is 4.82. The van der Waals surface area contributed by atoms with E-state index in [1.165, 1.54) is 24.3 Å². The maximum absolute atomic E-state index is 13.1. The number of urea groups is 1. The molecule has 3 amide bonds. The number of hydrogen-bond acceptors (Lipinski definition) is 5. The number of carbonyl (C=O) groups excluding carboxylic acids is 2. The van der Waals surface area contributed by atoms with Gasteiger partial charge in [0.1, 0.15) is 17.9 Å². The van der Waals surface area contributed by atoms with Crippen molar-refractivity contribution in [1.82, 2.24) is 20.4 Å². The number of nitrogens with one attached hydrogen (secondary N) is 1. The Balaban J connectivity index is 1.58. The van der Waals surface area contributed by atoms with E-state index in [1.807, 2.05) is 37.3 Å². The van der Waals surface area contributed by atoms with Gasteiger partial charge in [0.15, 0.2) is 0 Å². The van der Waals surface area contributed by atoms with Crippen molar-refractivity contribution in [1.29, 1.82) is 0 Å². The van der Waals surface area contributed by atoms with Crippen molar-refractivity contribution < 1.29 is 18.4 Å². The lowest BCUT2D eigenvalue weighted by Gasteiger charge is -2.25. The fourth-order valence-electron chi connectivity index (χ4n) is 3.29. The molecule has 7 nitrogen and oxygen atoms in total. The molecule has 4 rings (SSSR count). The highest BCUT2D eigenvalue weighted by atomic mass is 19.1. The van der Waals surface area contributed by atoms with Crippen LogP contribution in [0.15, 0.2) is 59.0 Å². The quantitative estimate of drug-likeness (QED) is 0.687. The minimum atomic E-state index is -1.11. The standard InChI is InChI=1S/C20H17FN4O3/c1-2-20(14-6-4-3-5-7-14)18(26)25(19(27)22-20)12-16-23-24-17(28-16)13-8-10-15(21)11-9-13/h3-11H,2,12H2,1H3,(H,22,27)/t20-/m0/s1. The van der Waals surface area contributed by atoms with Crippen LogP contribution >= 0.6 is 0 Å². The molecule has 0 unspecified atom stereocenters. The summed E-state index contributed by atoms with van der Waals surface area (Å²) >= 11 is 0. The molecule has 0 aliphatic carbocycles. The number of benzene rings is 2. The summed E-state index contributed by atoms with van der Waals surface area (Å²) in [5.74, 6) is -0.443. The van der Waals surface area contributed by atoms with Crippen LogP contribution in [0.4, 0.5) is 9.18 Å². The highest BCUT2D eigenvalue weighted by molar-refractivity contribution is 6.07. The predicted octanol–water partition coefficient (Wildman–Crippen LogP) is 3.23. The Hall–Kier alpha value is -3.55. The van der Waals surface area contributed by atoms with Crippen LogP contribution in [0, 0.1) is 5.82 Å². The fraction of sp³-hybridized carbons (Fsp3) is 0.200. The van der Waals surface area contributed by atoms with Crippen molar-refractivity contribution in [2.75, 3.05) is 0 Å². The zero-order chi connectivity index (χ0) is 19.7. The van der Waals surface area contributed by atoms with Gasteiger partial charge in [-0.2, -0.15) is 0 Å². The van der Waals surface area contributed by atoms with E-state index < -0.39 is 11.6 Å². The van der Waals surface area contributed by atoms with E-state index in [4.69, 9.17) is 4.42 Å². The van der Waals surface area contributed by atoms with E-state index in [2.05, 4.69) is 15.5 Å². The van der Waals surface area contributed by atoms with Gasteiger partial charge in [-0.1, -0.05) is 37.3 Å². The number of hydrogen-bond donors (Lipinski definition) is 1. The molecule has 2 aromatic carbocycles. The van der Waals surface area contributed by atoms with Crippen LogP contribution < -0.4 is 5.32 Å².